The molecule has 0 spiro atoms. The molecular formula is C23H18ClN5O3S. The molecule has 33 heavy (non-hydrogen) atoms. The first kappa shape index (κ1) is 22.5. The lowest BCUT2D eigenvalue weighted by atomic mass is 10.2. The van der Waals surface area contributed by atoms with Crippen LogP contribution < -0.4 is 15.8 Å². The van der Waals surface area contributed by atoms with E-state index >= 15 is 0 Å². The maximum atomic E-state index is 13.1. The lowest BCUT2D eigenvalue weighted by Gasteiger charge is -2.18. The molecule has 1 fully saturated rings. The average Bonchev–Trinajstić information content (AvgIpc) is 3.28. The molecule has 0 aliphatic carbocycles. The van der Waals surface area contributed by atoms with E-state index in [1.54, 1.807) is 67.2 Å². The van der Waals surface area contributed by atoms with Crippen LogP contribution >= 0.6 is 23.4 Å². The zero-order valence-electron chi connectivity index (χ0n) is 17.7. The number of rotatable bonds is 4. The molecule has 8 nitrogen and oxygen atoms in total. The second-order valence-corrected chi connectivity index (χ2v) is 8.58. The zero-order valence-corrected chi connectivity index (χ0v) is 19.3. The van der Waals surface area contributed by atoms with Crippen molar-refractivity contribution in [3.63, 3.8) is 0 Å². The maximum absolute atomic E-state index is 13.1. The van der Waals surface area contributed by atoms with E-state index in [1.807, 2.05) is 12.1 Å². The molecule has 2 aromatic carbocycles. The molecule has 0 bridgehead atoms. The van der Waals surface area contributed by atoms with Gasteiger partial charge in [0.15, 0.2) is 0 Å². The summed E-state index contributed by atoms with van der Waals surface area (Å²) < 4.78 is 3.05. The molecule has 2 heterocycles. The molecule has 0 unspecified atom stereocenters. The van der Waals surface area contributed by atoms with Crippen LogP contribution in [0.5, 0.6) is 0 Å². The fourth-order valence-corrected chi connectivity index (χ4v) is 4.63. The van der Waals surface area contributed by atoms with E-state index in [2.05, 4.69) is 5.32 Å². The fourth-order valence-electron chi connectivity index (χ4n) is 3.49. The molecular weight excluding hydrogens is 462 g/mol. The topological polar surface area (TPSA) is 100 Å². The third-order valence-electron chi connectivity index (χ3n) is 5.22. The van der Waals surface area contributed by atoms with Crippen molar-refractivity contribution in [1.29, 1.82) is 5.26 Å². The van der Waals surface area contributed by atoms with Crippen molar-refractivity contribution >= 4 is 46.6 Å². The Morgan fingerprint density at radius 1 is 1.09 bits per heavy atom. The Morgan fingerprint density at radius 3 is 2.39 bits per heavy atom. The molecule has 1 saturated heterocycles. The third kappa shape index (κ3) is 4.06. The van der Waals surface area contributed by atoms with Crippen LogP contribution in [0.25, 0.3) is 5.69 Å². The fraction of sp³-hybridized carbons (Fsp3) is 0.130. The van der Waals surface area contributed by atoms with Crippen LogP contribution in [0.4, 0.5) is 11.4 Å². The maximum Gasteiger partial charge on any atom is 0.295 e. The molecule has 4 rings (SSSR count). The highest BCUT2D eigenvalue weighted by Crippen LogP contribution is 2.36. The smallest absolute Gasteiger partial charge is 0.295 e. The van der Waals surface area contributed by atoms with Gasteiger partial charge >= 0.3 is 0 Å². The van der Waals surface area contributed by atoms with Gasteiger partial charge in [-0.15, -0.1) is 0 Å². The second-order valence-electron chi connectivity index (χ2n) is 7.18. The lowest BCUT2D eigenvalue weighted by molar-refractivity contribution is -0.115. The standard InChI is InChI=1S/C23H18ClN5O3S/c1-14-20(22(32)29(27(14)2)17-6-4-3-5-7-17)26-21(31)18(12-25)23-28(19(30)13-33-23)16-10-8-15(24)9-11-16/h3-11H,13H2,1-2H3,(H,26,31)/b23-18-. The number of carbonyl (C=O) groups is 2. The quantitative estimate of drug-likeness (QED) is 0.455. The van der Waals surface area contributed by atoms with E-state index in [0.29, 0.717) is 22.1 Å². The molecule has 1 aliphatic heterocycles. The molecule has 0 saturated carbocycles. The van der Waals surface area contributed by atoms with Crippen molar-refractivity contribution in [2.75, 3.05) is 16.0 Å². The third-order valence-corrected chi connectivity index (χ3v) is 6.52. The van der Waals surface area contributed by atoms with E-state index in [-0.39, 0.29) is 27.9 Å². The minimum atomic E-state index is -0.764. The largest absolute Gasteiger partial charge is 0.315 e. The first-order chi connectivity index (χ1) is 15.8. The van der Waals surface area contributed by atoms with Gasteiger partial charge in [0.2, 0.25) is 5.91 Å². The predicted molar refractivity (Wildman–Crippen MR) is 128 cm³/mol. The van der Waals surface area contributed by atoms with E-state index in [9.17, 15) is 19.6 Å². The van der Waals surface area contributed by atoms with E-state index < -0.39 is 11.5 Å². The molecule has 3 aromatic rings. The highest BCUT2D eigenvalue weighted by atomic mass is 35.5. The molecule has 1 N–H and O–H groups in total. The number of carbonyl (C=O) groups excluding carboxylic acids is 2. The number of thioether (sulfide) groups is 1. The highest BCUT2D eigenvalue weighted by molar-refractivity contribution is 8.04. The molecule has 0 atom stereocenters. The van der Waals surface area contributed by atoms with Crippen LogP contribution in [0.1, 0.15) is 5.69 Å². The molecule has 1 aromatic heterocycles. The SMILES string of the molecule is Cc1c(NC(=O)/C(C#N)=C2\SCC(=O)N2c2ccc(Cl)cc2)c(=O)n(-c2ccccc2)n1C. The van der Waals surface area contributed by atoms with Gasteiger partial charge in [-0.25, -0.2) is 4.68 Å². The van der Waals surface area contributed by atoms with Gasteiger partial charge in [-0.3, -0.25) is 24.0 Å². The Balaban J connectivity index is 1.73. The first-order valence-electron chi connectivity index (χ1n) is 9.84. The zero-order chi connectivity index (χ0) is 23.7. The van der Waals surface area contributed by atoms with Gasteiger partial charge in [-0.2, -0.15) is 5.26 Å². The van der Waals surface area contributed by atoms with Crippen LogP contribution in [-0.2, 0) is 16.6 Å². The van der Waals surface area contributed by atoms with E-state index in [1.165, 1.54) is 9.58 Å². The Morgan fingerprint density at radius 2 is 1.76 bits per heavy atom. The molecule has 1 aliphatic rings. The van der Waals surface area contributed by atoms with Gasteiger partial charge in [0.1, 0.15) is 22.4 Å². The number of nitriles is 1. The van der Waals surface area contributed by atoms with Crippen molar-refractivity contribution in [3.8, 4) is 11.8 Å². The summed E-state index contributed by atoms with van der Waals surface area (Å²) in [7, 11) is 1.71. The number of aromatic nitrogens is 2. The van der Waals surface area contributed by atoms with Gasteiger partial charge in [0.05, 0.1) is 17.1 Å². The predicted octanol–water partition coefficient (Wildman–Crippen LogP) is 3.59. The van der Waals surface area contributed by atoms with Crippen molar-refractivity contribution < 1.29 is 9.59 Å². The minimum absolute atomic E-state index is 0.0621. The van der Waals surface area contributed by atoms with Gasteiger partial charge in [0.25, 0.3) is 11.5 Å². The number of para-hydroxylation sites is 1. The van der Waals surface area contributed by atoms with Gasteiger partial charge in [-0.1, -0.05) is 41.6 Å². The molecule has 166 valence electrons. The number of benzene rings is 2. The summed E-state index contributed by atoms with van der Waals surface area (Å²) in [6, 6.07) is 17.4. The average molecular weight is 480 g/mol. The van der Waals surface area contributed by atoms with Crippen molar-refractivity contribution in [3.05, 3.63) is 86.3 Å². The van der Waals surface area contributed by atoms with Crippen molar-refractivity contribution in [1.82, 2.24) is 9.36 Å². The highest BCUT2D eigenvalue weighted by Gasteiger charge is 2.33. The van der Waals surface area contributed by atoms with Gasteiger partial charge in [0, 0.05) is 17.8 Å². The van der Waals surface area contributed by atoms with Crippen LogP contribution in [-0.4, -0.2) is 26.9 Å². The molecule has 2 amide bonds. The van der Waals surface area contributed by atoms with Crippen molar-refractivity contribution in [2.24, 2.45) is 7.05 Å². The molecule has 10 heteroatoms. The number of halogens is 1. The summed E-state index contributed by atoms with van der Waals surface area (Å²) in [6.07, 6.45) is 0. The lowest BCUT2D eigenvalue weighted by Crippen LogP contribution is -2.28. The number of anilines is 2. The minimum Gasteiger partial charge on any atom is -0.315 e. The number of nitrogens with zero attached hydrogens (tertiary/aromatic N) is 4. The number of nitrogens with one attached hydrogen (secondary N) is 1. The van der Waals surface area contributed by atoms with Gasteiger partial charge in [-0.05, 0) is 43.3 Å². The van der Waals surface area contributed by atoms with Crippen LogP contribution in [0.15, 0.2) is 70.0 Å². The summed E-state index contributed by atoms with van der Waals surface area (Å²) in [5.74, 6) is -0.943. The van der Waals surface area contributed by atoms with Crippen LogP contribution in [0.3, 0.4) is 0 Å². The summed E-state index contributed by atoms with van der Waals surface area (Å²) >= 11 is 7.03. The Kier molecular flexibility index (Phi) is 6.14. The summed E-state index contributed by atoms with van der Waals surface area (Å²) in [6.45, 7) is 1.70. The Hall–Kier alpha value is -3.74. The van der Waals surface area contributed by atoms with Crippen LogP contribution in [0, 0.1) is 18.3 Å². The second kappa shape index (κ2) is 9.02. The number of amides is 2. The number of hydrogen-bond donors (Lipinski definition) is 1. The normalized spacial score (nSPS) is 14.8. The Bertz CT molecular complexity index is 1380. The van der Waals surface area contributed by atoms with Gasteiger partial charge < -0.3 is 5.32 Å². The Labute approximate surface area is 198 Å². The van der Waals surface area contributed by atoms with E-state index in [4.69, 9.17) is 11.6 Å². The molecule has 0 radical (unpaired) electrons. The monoisotopic (exact) mass is 479 g/mol. The van der Waals surface area contributed by atoms with Crippen LogP contribution in [0.2, 0.25) is 5.02 Å². The summed E-state index contributed by atoms with van der Waals surface area (Å²) in [4.78, 5) is 40.0. The summed E-state index contributed by atoms with van der Waals surface area (Å²) in [5, 5.41) is 13.1. The first-order valence-corrected chi connectivity index (χ1v) is 11.2. The number of hydrogen-bond acceptors (Lipinski definition) is 5. The van der Waals surface area contributed by atoms with Crippen molar-refractivity contribution in [2.45, 2.75) is 6.92 Å². The van der Waals surface area contributed by atoms with E-state index in [0.717, 1.165) is 11.8 Å². The summed E-state index contributed by atoms with van der Waals surface area (Å²) in [5.41, 5.74) is 1.03.